The Morgan fingerprint density at radius 3 is 0.829 bits per heavy atom. The van der Waals surface area contributed by atoms with Crippen LogP contribution in [0.2, 0.25) is 0 Å². The Hall–Kier alpha value is -0.929. The van der Waals surface area contributed by atoms with Gasteiger partial charge in [-0.3, -0.25) is 10.2 Å². The Bertz CT molecular complexity index is 541. The smallest absolute Gasteiger partial charge is 0.409 e. The summed E-state index contributed by atoms with van der Waals surface area (Å²) in [7, 11) is 7.33. The molecule has 3 rings (SSSR count). The maximum atomic E-state index is 5.33. The van der Waals surface area contributed by atoms with Crippen molar-refractivity contribution in [2.24, 2.45) is 0 Å². The Morgan fingerprint density at radius 1 is 0.486 bits per heavy atom. The van der Waals surface area contributed by atoms with E-state index < -0.39 is 0 Å². The van der Waals surface area contributed by atoms with E-state index in [0.29, 0.717) is 91.2 Å². The van der Waals surface area contributed by atoms with E-state index in [9.17, 15) is 0 Å². The van der Waals surface area contributed by atoms with E-state index in [1.54, 1.807) is 9.80 Å². The predicted molar refractivity (Wildman–Crippen MR) is 126 cm³/mol. The fraction of sp³-hybridized carbons (Fsp3) is 0.889. The third-order valence-corrected chi connectivity index (χ3v) is 3.65. The molecule has 1 fully saturated rings. The third-order valence-electron chi connectivity index (χ3n) is 3.65. The van der Waals surface area contributed by atoms with Crippen LogP contribution < -0.4 is 20.0 Å². The topological polar surface area (TPSA) is 167 Å². The molecule has 0 atom stereocenters. The van der Waals surface area contributed by atoms with Crippen LogP contribution in [-0.2, 0) is 28.4 Å². The van der Waals surface area contributed by atoms with Crippen molar-refractivity contribution in [2.45, 2.75) is 0 Å². The number of nitrogens with zero attached hydrogens (tertiary/aromatic N) is 10. The molecule has 0 aromatic carbocycles. The minimum Gasteiger partial charge on any atom is -0.409 e. The van der Waals surface area contributed by atoms with Crippen molar-refractivity contribution >= 4 is 60.8 Å². The molecule has 0 aliphatic carbocycles. The van der Waals surface area contributed by atoms with E-state index in [4.69, 9.17) is 28.4 Å². The fourth-order valence-electron chi connectivity index (χ4n) is 1.96. The predicted octanol–water partition coefficient (Wildman–Crippen LogP) is -2.49. The maximum Gasteiger partial charge on any atom is 2.00 e. The number of hydrogen-bond acceptors (Lipinski definition) is 14. The number of ether oxygens (including phenoxy) is 6. The first-order valence-electron chi connectivity index (χ1n) is 10.8. The van der Waals surface area contributed by atoms with Gasteiger partial charge in [0.1, 0.15) is 0 Å². The summed E-state index contributed by atoms with van der Waals surface area (Å²) in [5.41, 5.74) is 0. The summed E-state index contributed by atoms with van der Waals surface area (Å²) in [4.78, 5) is 3.47. The summed E-state index contributed by atoms with van der Waals surface area (Å²) in [6, 6.07) is 0. The molecule has 3 heterocycles. The standard InChI is InChI=1S/C12H24O6.2C3H6N5.Ba/c1-2-14-5-6-16-9-10-18-12-11-17-8-7-15-4-3-13-1;2*1-8(2)3-4-6-7-5-3;/h1-12H2;2*1-2H3;/q;2*-1;+2. The number of aromatic nitrogens is 8. The van der Waals surface area contributed by atoms with Gasteiger partial charge in [-0.2, -0.15) is 10.4 Å². The van der Waals surface area contributed by atoms with Crippen LogP contribution in [0.1, 0.15) is 0 Å². The molecule has 196 valence electrons. The number of tetrazole rings is 2. The SMILES string of the molecule is C1COCCOCCOCCOCCOCCO1.CN(C)c1nnn[n-]1.CN(C)c1nnn[n-]1.[Ba+2]. The quantitative estimate of drug-likeness (QED) is 0.321. The summed E-state index contributed by atoms with van der Waals surface area (Å²) < 4.78 is 32.0. The van der Waals surface area contributed by atoms with Crippen LogP contribution in [0.15, 0.2) is 0 Å². The van der Waals surface area contributed by atoms with E-state index in [0.717, 1.165) is 0 Å². The molecule has 0 N–H and O–H groups in total. The van der Waals surface area contributed by atoms with Crippen LogP contribution in [0.4, 0.5) is 11.9 Å². The molecule has 1 aliphatic heterocycles. The van der Waals surface area contributed by atoms with Crippen LogP contribution in [0.25, 0.3) is 0 Å². The van der Waals surface area contributed by atoms with Gasteiger partial charge in [-0.1, -0.05) is 0 Å². The van der Waals surface area contributed by atoms with E-state index in [2.05, 4.69) is 41.2 Å². The van der Waals surface area contributed by atoms with Gasteiger partial charge in [-0.05, 0) is 28.2 Å². The average Bonchev–Trinajstić information content (AvgIpc) is 3.55. The Kier molecular flexibility index (Phi) is 24.1. The van der Waals surface area contributed by atoms with Gasteiger partial charge in [0, 0.05) is 0 Å². The monoisotopic (exact) mass is 626 g/mol. The molecule has 0 unspecified atom stereocenters. The summed E-state index contributed by atoms with van der Waals surface area (Å²) in [6.07, 6.45) is 0. The molecule has 0 amide bonds. The molecule has 16 nitrogen and oxygen atoms in total. The molecule has 0 saturated carbocycles. The van der Waals surface area contributed by atoms with Crippen molar-refractivity contribution in [1.29, 1.82) is 0 Å². The van der Waals surface area contributed by atoms with E-state index >= 15 is 0 Å². The van der Waals surface area contributed by atoms with Gasteiger partial charge < -0.3 is 38.2 Å². The van der Waals surface area contributed by atoms with E-state index in [1.807, 2.05) is 28.2 Å². The molecule has 17 heteroatoms. The summed E-state index contributed by atoms with van der Waals surface area (Å²) in [5, 5.41) is 27.4. The number of rotatable bonds is 2. The van der Waals surface area contributed by atoms with Gasteiger partial charge in [0.2, 0.25) is 0 Å². The first-order chi connectivity index (χ1) is 16.6. The average molecular weight is 626 g/mol. The van der Waals surface area contributed by atoms with Gasteiger partial charge in [-0.15, -0.1) is 10.4 Å². The molecular formula is C18H36BaN10O6. The van der Waals surface area contributed by atoms with Gasteiger partial charge in [0.05, 0.1) is 91.2 Å². The Balaban J connectivity index is 0.000000561. The summed E-state index contributed by atoms with van der Waals surface area (Å²) >= 11 is 0. The molecule has 0 spiro atoms. The second kappa shape index (κ2) is 24.8. The molecule has 2 aromatic rings. The van der Waals surface area contributed by atoms with Crippen molar-refractivity contribution < 1.29 is 28.4 Å². The van der Waals surface area contributed by atoms with E-state index in [-0.39, 0.29) is 48.9 Å². The van der Waals surface area contributed by atoms with Gasteiger partial charge in [-0.25, -0.2) is 10.2 Å². The Labute approximate surface area is 246 Å². The van der Waals surface area contributed by atoms with Gasteiger partial charge in [0.15, 0.2) is 0 Å². The number of hydrogen-bond donors (Lipinski definition) is 0. The van der Waals surface area contributed by atoms with E-state index in [1.165, 1.54) is 0 Å². The fourth-order valence-corrected chi connectivity index (χ4v) is 1.96. The van der Waals surface area contributed by atoms with Gasteiger partial charge in [0.25, 0.3) is 0 Å². The van der Waals surface area contributed by atoms with Crippen molar-refractivity contribution in [3.05, 3.63) is 0 Å². The second-order valence-corrected chi connectivity index (χ2v) is 6.82. The summed E-state index contributed by atoms with van der Waals surface area (Å²) in [6.45, 7) is 7.04. The molecule has 0 bridgehead atoms. The van der Waals surface area contributed by atoms with Crippen LogP contribution >= 0.6 is 0 Å². The zero-order chi connectivity index (χ0) is 24.7. The van der Waals surface area contributed by atoms with Crippen LogP contribution in [0.5, 0.6) is 0 Å². The third kappa shape index (κ3) is 20.9. The zero-order valence-electron chi connectivity index (χ0n) is 21.1. The molecular weight excluding hydrogens is 590 g/mol. The normalized spacial score (nSPS) is 16.6. The van der Waals surface area contributed by atoms with Crippen molar-refractivity contribution in [1.82, 2.24) is 41.2 Å². The van der Waals surface area contributed by atoms with Crippen molar-refractivity contribution in [2.75, 3.05) is 117 Å². The zero-order valence-corrected chi connectivity index (χ0v) is 25.6. The molecule has 1 saturated heterocycles. The van der Waals surface area contributed by atoms with Crippen LogP contribution in [0.3, 0.4) is 0 Å². The summed E-state index contributed by atoms with van der Waals surface area (Å²) in [5.74, 6) is 1.09. The number of anilines is 2. The Morgan fingerprint density at radius 2 is 0.714 bits per heavy atom. The van der Waals surface area contributed by atoms with Crippen LogP contribution in [-0.4, -0.2) is 187 Å². The van der Waals surface area contributed by atoms with Gasteiger partial charge >= 0.3 is 48.9 Å². The van der Waals surface area contributed by atoms with Crippen molar-refractivity contribution in [3.8, 4) is 0 Å². The van der Waals surface area contributed by atoms with Crippen molar-refractivity contribution in [3.63, 3.8) is 0 Å². The minimum atomic E-state index is 0. The molecule has 2 aromatic heterocycles. The largest absolute Gasteiger partial charge is 2.00 e. The second-order valence-electron chi connectivity index (χ2n) is 6.82. The molecule has 0 radical (unpaired) electrons. The van der Waals surface area contributed by atoms with Crippen LogP contribution in [0, 0.1) is 0 Å². The minimum absolute atomic E-state index is 0. The maximum absolute atomic E-state index is 5.33. The first kappa shape index (κ1) is 34.1. The molecule has 35 heavy (non-hydrogen) atoms. The molecule has 1 aliphatic rings. The first-order valence-corrected chi connectivity index (χ1v) is 10.8.